The van der Waals surface area contributed by atoms with Gasteiger partial charge in [-0.25, -0.2) is 0 Å². The third-order valence-electron chi connectivity index (χ3n) is 9.87. The topological polar surface area (TPSA) is 3.24 Å². The van der Waals surface area contributed by atoms with Crippen LogP contribution in [-0.4, -0.2) is 0 Å². The Morgan fingerprint density at radius 2 is 0.686 bits per heavy atom. The van der Waals surface area contributed by atoms with Crippen LogP contribution in [-0.2, 0) is 0 Å². The zero-order valence-electron chi connectivity index (χ0n) is 28.2. The van der Waals surface area contributed by atoms with Crippen LogP contribution < -0.4 is 4.90 Å². The highest BCUT2D eigenvalue weighted by molar-refractivity contribution is 6.05. The molecule has 0 spiro atoms. The van der Waals surface area contributed by atoms with E-state index in [-0.39, 0.29) is 0 Å². The summed E-state index contributed by atoms with van der Waals surface area (Å²) in [5.74, 6) is 0. The molecular formula is C50H35N. The molecule has 0 aromatic heterocycles. The molecule has 9 rings (SSSR count). The summed E-state index contributed by atoms with van der Waals surface area (Å²) < 4.78 is 0. The monoisotopic (exact) mass is 649 g/mol. The van der Waals surface area contributed by atoms with Crippen molar-refractivity contribution in [1.82, 2.24) is 0 Å². The summed E-state index contributed by atoms with van der Waals surface area (Å²) in [5, 5.41) is 5.00. The predicted octanol–water partition coefficient (Wildman–Crippen LogP) is 14.1. The molecule has 9 aromatic carbocycles. The summed E-state index contributed by atoms with van der Waals surface area (Å²) in [7, 11) is 0. The molecule has 0 radical (unpaired) electrons. The zero-order chi connectivity index (χ0) is 34.0. The van der Waals surface area contributed by atoms with E-state index in [2.05, 4.69) is 217 Å². The molecule has 0 saturated heterocycles. The van der Waals surface area contributed by atoms with Crippen LogP contribution in [0.5, 0.6) is 0 Å². The average Bonchev–Trinajstić information content (AvgIpc) is 3.22. The van der Waals surface area contributed by atoms with Gasteiger partial charge < -0.3 is 4.90 Å². The first-order valence-electron chi connectivity index (χ1n) is 17.5. The second kappa shape index (κ2) is 13.3. The van der Waals surface area contributed by atoms with E-state index in [1.165, 1.54) is 66.1 Å². The second-order valence-electron chi connectivity index (χ2n) is 13.0. The molecule has 0 unspecified atom stereocenters. The maximum Gasteiger partial charge on any atom is 0.0462 e. The second-order valence-corrected chi connectivity index (χ2v) is 13.0. The summed E-state index contributed by atoms with van der Waals surface area (Å²) in [5.41, 5.74) is 13.1. The van der Waals surface area contributed by atoms with Crippen LogP contribution in [0, 0.1) is 0 Å². The van der Waals surface area contributed by atoms with Crippen molar-refractivity contribution in [1.29, 1.82) is 0 Å². The first-order valence-corrected chi connectivity index (χ1v) is 17.5. The lowest BCUT2D eigenvalue weighted by Crippen LogP contribution is -2.09. The van der Waals surface area contributed by atoms with Crippen molar-refractivity contribution in [2.45, 2.75) is 0 Å². The highest BCUT2D eigenvalue weighted by Crippen LogP contribution is 2.41. The smallest absolute Gasteiger partial charge is 0.0462 e. The lowest BCUT2D eigenvalue weighted by molar-refractivity contribution is 1.28. The Morgan fingerprint density at radius 3 is 1.33 bits per heavy atom. The molecule has 0 aliphatic heterocycles. The van der Waals surface area contributed by atoms with Crippen LogP contribution in [0.25, 0.3) is 66.1 Å². The normalized spacial score (nSPS) is 11.1. The fourth-order valence-electron chi connectivity index (χ4n) is 7.27. The quantitative estimate of drug-likeness (QED) is 0.166. The average molecular weight is 650 g/mol. The van der Waals surface area contributed by atoms with E-state index in [4.69, 9.17) is 0 Å². The Bertz CT molecular complexity index is 2590. The third kappa shape index (κ3) is 5.96. The first-order chi connectivity index (χ1) is 25.3. The van der Waals surface area contributed by atoms with Crippen LogP contribution >= 0.6 is 0 Å². The lowest BCUT2D eigenvalue weighted by atomic mass is 9.89. The molecule has 1 heteroatoms. The largest absolute Gasteiger partial charge is 0.311 e. The molecular weight excluding hydrogens is 615 g/mol. The summed E-state index contributed by atoms with van der Waals surface area (Å²) in [6.07, 6.45) is 0. The maximum atomic E-state index is 2.33. The van der Waals surface area contributed by atoms with Gasteiger partial charge in [-0.2, -0.15) is 0 Å². The number of hydrogen-bond donors (Lipinski definition) is 0. The number of fused-ring (bicyclic) bond motifs is 2. The minimum absolute atomic E-state index is 1.11. The molecule has 0 fully saturated rings. The Labute approximate surface area is 299 Å². The zero-order valence-corrected chi connectivity index (χ0v) is 28.2. The van der Waals surface area contributed by atoms with Crippen molar-refractivity contribution in [3.63, 3.8) is 0 Å². The van der Waals surface area contributed by atoms with Gasteiger partial charge in [-0.1, -0.05) is 170 Å². The minimum Gasteiger partial charge on any atom is -0.311 e. The van der Waals surface area contributed by atoms with Gasteiger partial charge in [0, 0.05) is 17.1 Å². The third-order valence-corrected chi connectivity index (χ3v) is 9.87. The van der Waals surface area contributed by atoms with Crippen molar-refractivity contribution < 1.29 is 0 Å². The molecule has 0 heterocycles. The van der Waals surface area contributed by atoms with E-state index in [0.717, 1.165) is 17.1 Å². The molecule has 0 bridgehead atoms. The number of para-hydroxylation sites is 1. The van der Waals surface area contributed by atoms with Crippen molar-refractivity contribution in [3.8, 4) is 44.5 Å². The van der Waals surface area contributed by atoms with Crippen LogP contribution in [0.15, 0.2) is 212 Å². The van der Waals surface area contributed by atoms with Gasteiger partial charge in [0.1, 0.15) is 0 Å². The Morgan fingerprint density at radius 1 is 0.255 bits per heavy atom. The standard InChI is InChI=1S/C50H35N/c1-3-11-36(12-4-1)38-19-21-39(22-20-38)40-25-30-46(31-26-40)51(45-16-5-2-6-17-45)47-32-27-42(28-33-47)49-34-29-41-14-9-10-18-48(41)50(49)44-24-23-37-13-7-8-15-43(37)35-44/h1-35H. The van der Waals surface area contributed by atoms with E-state index in [1.807, 2.05) is 0 Å². The van der Waals surface area contributed by atoms with Gasteiger partial charge in [-0.05, 0) is 109 Å². The fraction of sp³-hybridized carbons (Fsp3) is 0. The summed E-state index contributed by atoms with van der Waals surface area (Å²) >= 11 is 0. The van der Waals surface area contributed by atoms with E-state index in [0.29, 0.717) is 0 Å². The number of rotatable bonds is 7. The molecule has 0 saturated carbocycles. The van der Waals surface area contributed by atoms with Crippen LogP contribution in [0.3, 0.4) is 0 Å². The molecule has 0 aliphatic carbocycles. The van der Waals surface area contributed by atoms with Gasteiger partial charge in [0.2, 0.25) is 0 Å². The Balaban J connectivity index is 1.08. The molecule has 240 valence electrons. The molecule has 51 heavy (non-hydrogen) atoms. The molecule has 1 nitrogen and oxygen atoms in total. The molecule has 0 N–H and O–H groups in total. The Kier molecular flexibility index (Phi) is 7.92. The van der Waals surface area contributed by atoms with Crippen LogP contribution in [0.2, 0.25) is 0 Å². The van der Waals surface area contributed by atoms with Gasteiger partial charge >= 0.3 is 0 Å². The summed E-state index contributed by atoms with van der Waals surface area (Å²) in [6, 6.07) is 76.6. The molecule has 9 aromatic rings. The van der Waals surface area contributed by atoms with Crippen molar-refractivity contribution in [2.75, 3.05) is 4.90 Å². The fourth-order valence-corrected chi connectivity index (χ4v) is 7.27. The summed E-state index contributed by atoms with van der Waals surface area (Å²) in [6.45, 7) is 0. The summed E-state index contributed by atoms with van der Waals surface area (Å²) in [4.78, 5) is 2.33. The van der Waals surface area contributed by atoms with E-state index < -0.39 is 0 Å². The van der Waals surface area contributed by atoms with Crippen LogP contribution in [0.1, 0.15) is 0 Å². The van der Waals surface area contributed by atoms with Gasteiger partial charge in [0.25, 0.3) is 0 Å². The van der Waals surface area contributed by atoms with Crippen molar-refractivity contribution in [2.24, 2.45) is 0 Å². The van der Waals surface area contributed by atoms with Crippen LogP contribution in [0.4, 0.5) is 17.1 Å². The molecule has 0 atom stereocenters. The van der Waals surface area contributed by atoms with E-state index in [9.17, 15) is 0 Å². The maximum absolute atomic E-state index is 2.33. The number of hydrogen-bond acceptors (Lipinski definition) is 1. The van der Waals surface area contributed by atoms with Gasteiger partial charge in [-0.3, -0.25) is 0 Å². The highest BCUT2D eigenvalue weighted by atomic mass is 15.1. The number of nitrogens with zero attached hydrogens (tertiary/aromatic N) is 1. The predicted molar refractivity (Wildman–Crippen MR) is 218 cm³/mol. The van der Waals surface area contributed by atoms with Gasteiger partial charge in [0.15, 0.2) is 0 Å². The minimum atomic E-state index is 1.11. The van der Waals surface area contributed by atoms with Gasteiger partial charge in [-0.15, -0.1) is 0 Å². The number of anilines is 3. The Hall–Kier alpha value is -6.70. The van der Waals surface area contributed by atoms with Crippen molar-refractivity contribution >= 4 is 38.6 Å². The first kappa shape index (κ1) is 30.4. The van der Waals surface area contributed by atoms with Gasteiger partial charge in [0.05, 0.1) is 0 Å². The highest BCUT2D eigenvalue weighted by Gasteiger charge is 2.16. The molecule has 0 aliphatic rings. The van der Waals surface area contributed by atoms with E-state index in [1.54, 1.807) is 0 Å². The van der Waals surface area contributed by atoms with E-state index >= 15 is 0 Å². The van der Waals surface area contributed by atoms with Crippen molar-refractivity contribution in [3.05, 3.63) is 212 Å². The molecule has 0 amide bonds. The SMILES string of the molecule is c1ccc(-c2ccc(-c3ccc(N(c4ccccc4)c4ccc(-c5ccc6ccccc6c5-c5ccc6ccccc6c5)cc4)cc3)cc2)cc1. The lowest BCUT2D eigenvalue weighted by Gasteiger charge is -2.26. The number of benzene rings is 9.